The molecule has 0 heterocycles. The molecule has 2 rings (SSSR count). The van der Waals surface area contributed by atoms with E-state index in [2.05, 4.69) is 30.4 Å². The van der Waals surface area contributed by atoms with Crippen LogP contribution in [-0.4, -0.2) is 32.9 Å². The zero-order chi connectivity index (χ0) is 14.9. The smallest absolute Gasteiger partial charge is 0.119 e. The van der Waals surface area contributed by atoms with Crippen molar-refractivity contribution in [2.24, 2.45) is 5.92 Å². The molecule has 1 aliphatic carbocycles. The Bertz CT molecular complexity index is 404. The van der Waals surface area contributed by atoms with E-state index in [1.807, 2.05) is 6.07 Å². The Morgan fingerprint density at radius 3 is 2.90 bits per heavy atom. The van der Waals surface area contributed by atoms with E-state index < -0.39 is 0 Å². The minimum absolute atomic E-state index is 0.679. The number of rotatable bonds is 11. The average Bonchev–Trinajstić information content (AvgIpc) is 3.33. The summed E-state index contributed by atoms with van der Waals surface area (Å²) in [6, 6.07) is 9.24. The number of nitrogens with one attached hydrogen (secondary N) is 1. The zero-order valence-corrected chi connectivity index (χ0v) is 13.4. The lowest BCUT2D eigenvalue weighted by Gasteiger charge is -2.18. The van der Waals surface area contributed by atoms with Crippen molar-refractivity contribution in [2.75, 3.05) is 26.9 Å². The first-order valence-corrected chi connectivity index (χ1v) is 8.26. The average molecular weight is 291 g/mol. The fourth-order valence-electron chi connectivity index (χ4n) is 2.65. The summed E-state index contributed by atoms with van der Waals surface area (Å²) in [5.41, 5.74) is 1.37. The standard InChI is InChI=1S/C18H29NO2/c1-3-21-11-5-7-16(14-19-17-9-10-17)12-15-6-4-8-18(13-15)20-2/h4,6,8,13,16-17,19H,3,5,7,9-12,14H2,1-2H3. The Morgan fingerprint density at radius 2 is 2.19 bits per heavy atom. The second-order valence-electron chi connectivity index (χ2n) is 5.94. The van der Waals surface area contributed by atoms with Gasteiger partial charge in [-0.05, 0) is 69.2 Å². The predicted octanol–water partition coefficient (Wildman–Crippen LogP) is 3.42. The van der Waals surface area contributed by atoms with E-state index in [-0.39, 0.29) is 0 Å². The summed E-state index contributed by atoms with van der Waals surface area (Å²) in [6.07, 6.45) is 6.18. The third-order valence-corrected chi connectivity index (χ3v) is 4.04. The van der Waals surface area contributed by atoms with Crippen molar-refractivity contribution < 1.29 is 9.47 Å². The Morgan fingerprint density at radius 1 is 1.33 bits per heavy atom. The van der Waals surface area contributed by atoms with Crippen LogP contribution in [0.3, 0.4) is 0 Å². The van der Waals surface area contributed by atoms with Gasteiger partial charge in [-0.3, -0.25) is 0 Å². The first-order chi connectivity index (χ1) is 10.3. The molecule has 0 spiro atoms. The Labute approximate surface area is 129 Å². The van der Waals surface area contributed by atoms with E-state index in [4.69, 9.17) is 9.47 Å². The highest BCUT2D eigenvalue weighted by atomic mass is 16.5. The molecule has 1 aromatic carbocycles. The molecule has 1 N–H and O–H groups in total. The Balaban J connectivity index is 1.82. The Hall–Kier alpha value is -1.06. The normalized spacial score (nSPS) is 15.9. The lowest BCUT2D eigenvalue weighted by molar-refractivity contribution is 0.139. The topological polar surface area (TPSA) is 30.5 Å². The lowest BCUT2D eigenvalue weighted by Crippen LogP contribution is -2.26. The van der Waals surface area contributed by atoms with Crippen LogP contribution in [0.2, 0.25) is 0 Å². The van der Waals surface area contributed by atoms with Crippen LogP contribution < -0.4 is 10.1 Å². The maximum atomic E-state index is 5.47. The molecule has 1 atom stereocenters. The minimum Gasteiger partial charge on any atom is -0.497 e. The number of hydrogen-bond acceptors (Lipinski definition) is 3. The number of ether oxygens (including phenoxy) is 2. The summed E-state index contributed by atoms with van der Waals surface area (Å²) in [5, 5.41) is 3.67. The van der Waals surface area contributed by atoms with Crippen molar-refractivity contribution in [3.8, 4) is 5.75 Å². The van der Waals surface area contributed by atoms with E-state index in [1.54, 1.807) is 7.11 Å². The molecule has 21 heavy (non-hydrogen) atoms. The maximum Gasteiger partial charge on any atom is 0.119 e. The molecule has 0 radical (unpaired) electrons. The van der Waals surface area contributed by atoms with E-state index in [1.165, 1.54) is 24.8 Å². The second-order valence-corrected chi connectivity index (χ2v) is 5.94. The molecule has 0 bridgehead atoms. The maximum absolute atomic E-state index is 5.47. The van der Waals surface area contributed by atoms with Gasteiger partial charge in [0.1, 0.15) is 5.75 Å². The van der Waals surface area contributed by atoms with Crippen molar-refractivity contribution in [2.45, 2.75) is 45.1 Å². The quantitative estimate of drug-likeness (QED) is 0.634. The number of hydrogen-bond donors (Lipinski definition) is 1. The molecule has 3 nitrogen and oxygen atoms in total. The van der Waals surface area contributed by atoms with Crippen molar-refractivity contribution in [1.82, 2.24) is 5.32 Å². The summed E-state index contributed by atoms with van der Waals surface area (Å²) in [4.78, 5) is 0. The summed E-state index contributed by atoms with van der Waals surface area (Å²) in [6.45, 7) is 4.88. The highest BCUT2D eigenvalue weighted by Crippen LogP contribution is 2.22. The summed E-state index contributed by atoms with van der Waals surface area (Å²) in [5.74, 6) is 1.63. The highest BCUT2D eigenvalue weighted by Gasteiger charge is 2.22. The monoisotopic (exact) mass is 291 g/mol. The molecule has 0 amide bonds. The predicted molar refractivity (Wildman–Crippen MR) is 86.9 cm³/mol. The summed E-state index contributed by atoms with van der Waals surface area (Å²) >= 11 is 0. The molecule has 118 valence electrons. The van der Waals surface area contributed by atoms with Crippen molar-refractivity contribution in [3.63, 3.8) is 0 Å². The summed E-state index contributed by atoms with van der Waals surface area (Å²) in [7, 11) is 1.73. The van der Waals surface area contributed by atoms with Crippen molar-refractivity contribution in [1.29, 1.82) is 0 Å². The van der Waals surface area contributed by atoms with Gasteiger partial charge in [0.05, 0.1) is 7.11 Å². The fourth-order valence-corrected chi connectivity index (χ4v) is 2.65. The van der Waals surface area contributed by atoms with Crippen LogP contribution >= 0.6 is 0 Å². The molecule has 1 unspecified atom stereocenters. The molecule has 1 fully saturated rings. The third-order valence-electron chi connectivity index (χ3n) is 4.04. The van der Waals surface area contributed by atoms with Crippen LogP contribution in [-0.2, 0) is 11.2 Å². The van der Waals surface area contributed by atoms with Crippen LogP contribution in [0.15, 0.2) is 24.3 Å². The first kappa shape index (κ1) is 16.3. The van der Waals surface area contributed by atoms with Crippen molar-refractivity contribution >= 4 is 0 Å². The van der Waals surface area contributed by atoms with Gasteiger partial charge in [-0.25, -0.2) is 0 Å². The van der Waals surface area contributed by atoms with Gasteiger partial charge in [0.25, 0.3) is 0 Å². The SMILES string of the molecule is CCOCCCC(CNC1CC1)Cc1cccc(OC)c1. The molecular formula is C18H29NO2. The molecular weight excluding hydrogens is 262 g/mol. The lowest BCUT2D eigenvalue weighted by atomic mass is 9.94. The molecule has 0 aromatic heterocycles. The summed E-state index contributed by atoms with van der Waals surface area (Å²) < 4.78 is 10.8. The minimum atomic E-state index is 0.679. The van der Waals surface area contributed by atoms with Crippen LogP contribution in [0.4, 0.5) is 0 Å². The fraction of sp³-hybridized carbons (Fsp3) is 0.667. The van der Waals surface area contributed by atoms with Gasteiger partial charge in [-0.15, -0.1) is 0 Å². The highest BCUT2D eigenvalue weighted by molar-refractivity contribution is 5.28. The second kappa shape index (κ2) is 9.06. The van der Waals surface area contributed by atoms with Gasteiger partial charge < -0.3 is 14.8 Å². The van der Waals surface area contributed by atoms with Gasteiger partial charge in [0.2, 0.25) is 0 Å². The van der Waals surface area contributed by atoms with E-state index >= 15 is 0 Å². The zero-order valence-electron chi connectivity index (χ0n) is 13.4. The number of methoxy groups -OCH3 is 1. The van der Waals surface area contributed by atoms with Gasteiger partial charge in [0, 0.05) is 19.3 Å². The van der Waals surface area contributed by atoms with Crippen LogP contribution in [0.5, 0.6) is 5.75 Å². The van der Waals surface area contributed by atoms with E-state index in [0.717, 1.165) is 44.4 Å². The van der Waals surface area contributed by atoms with Crippen LogP contribution in [0, 0.1) is 5.92 Å². The van der Waals surface area contributed by atoms with E-state index in [9.17, 15) is 0 Å². The molecule has 1 aromatic rings. The van der Waals surface area contributed by atoms with Gasteiger partial charge in [-0.2, -0.15) is 0 Å². The third kappa shape index (κ3) is 6.49. The molecule has 1 saturated carbocycles. The molecule has 0 saturated heterocycles. The van der Waals surface area contributed by atoms with Crippen LogP contribution in [0.25, 0.3) is 0 Å². The Kier molecular flexibility index (Phi) is 7.04. The molecule has 0 aliphatic heterocycles. The van der Waals surface area contributed by atoms with Gasteiger partial charge in [-0.1, -0.05) is 12.1 Å². The number of benzene rings is 1. The molecule has 1 aliphatic rings. The first-order valence-electron chi connectivity index (χ1n) is 8.26. The largest absolute Gasteiger partial charge is 0.497 e. The van der Waals surface area contributed by atoms with E-state index in [0.29, 0.717) is 5.92 Å². The van der Waals surface area contributed by atoms with Crippen molar-refractivity contribution in [3.05, 3.63) is 29.8 Å². The molecule has 3 heteroatoms. The van der Waals surface area contributed by atoms with Gasteiger partial charge >= 0.3 is 0 Å². The van der Waals surface area contributed by atoms with Crippen LogP contribution in [0.1, 0.15) is 38.2 Å². The van der Waals surface area contributed by atoms with Gasteiger partial charge in [0.15, 0.2) is 0 Å².